The molecule has 0 spiro atoms. The first kappa shape index (κ1) is 9.41. The molecular formula is C12H15NO. The van der Waals surface area contributed by atoms with Crippen molar-refractivity contribution in [3.63, 3.8) is 0 Å². The molecule has 0 aliphatic carbocycles. The summed E-state index contributed by atoms with van der Waals surface area (Å²) in [4.78, 5) is 4.40. The standard InChI is InChI=1S/C12H15NO/c1-2-6-11-12(13-9-14-11)10-7-4-3-5-8-10/h3-5,7-8,11H,2,6,9H2,1H3. The van der Waals surface area contributed by atoms with Gasteiger partial charge in [0.15, 0.2) is 0 Å². The monoisotopic (exact) mass is 189 g/mol. The molecule has 1 aliphatic rings. The zero-order chi connectivity index (χ0) is 9.80. The molecule has 1 heterocycles. The van der Waals surface area contributed by atoms with E-state index in [2.05, 4.69) is 24.0 Å². The van der Waals surface area contributed by atoms with Gasteiger partial charge in [0.2, 0.25) is 0 Å². The van der Waals surface area contributed by atoms with Gasteiger partial charge in [0.05, 0.1) is 5.71 Å². The highest BCUT2D eigenvalue weighted by Gasteiger charge is 2.21. The van der Waals surface area contributed by atoms with Gasteiger partial charge in [0.25, 0.3) is 0 Å². The zero-order valence-corrected chi connectivity index (χ0v) is 8.44. The van der Waals surface area contributed by atoms with Crippen LogP contribution >= 0.6 is 0 Å². The molecule has 0 saturated carbocycles. The predicted octanol–water partition coefficient (Wildman–Crippen LogP) is 2.63. The van der Waals surface area contributed by atoms with E-state index in [1.54, 1.807) is 0 Å². The molecule has 2 rings (SSSR count). The van der Waals surface area contributed by atoms with Gasteiger partial charge in [0.1, 0.15) is 12.8 Å². The lowest BCUT2D eigenvalue weighted by Gasteiger charge is -2.11. The molecule has 1 unspecified atom stereocenters. The summed E-state index contributed by atoms with van der Waals surface area (Å²) in [7, 11) is 0. The molecular weight excluding hydrogens is 174 g/mol. The SMILES string of the molecule is CCCC1OCN=C1c1ccccc1. The molecule has 0 bridgehead atoms. The number of aliphatic imine (C=N–C) groups is 1. The van der Waals surface area contributed by atoms with Gasteiger partial charge in [-0.1, -0.05) is 43.7 Å². The molecule has 2 heteroatoms. The fourth-order valence-electron chi connectivity index (χ4n) is 1.75. The Hall–Kier alpha value is -1.15. The molecule has 1 aromatic carbocycles. The maximum atomic E-state index is 5.56. The van der Waals surface area contributed by atoms with Crippen molar-refractivity contribution in [1.29, 1.82) is 0 Å². The molecule has 0 saturated heterocycles. The highest BCUT2D eigenvalue weighted by molar-refractivity contribution is 6.04. The topological polar surface area (TPSA) is 21.6 Å². The van der Waals surface area contributed by atoms with Gasteiger partial charge in [-0.15, -0.1) is 0 Å². The number of nitrogens with zero attached hydrogens (tertiary/aromatic N) is 1. The van der Waals surface area contributed by atoms with Crippen molar-refractivity contribution < 1.29 is 4.74 Å². The van der Waals surface area contributed by atoms with Crippen molar-refractivity contribution in [3.8, 4) is 0 Å². The van der Waals surface area contributed by atoms with Crippen LogP contribution in [0.15, 0.2) is 35.3 Å². The lowest BCUT2D eigenvalue weighted by atomic mass is 10.0. The molecule has 2 nitrogen and oxygen atoms in total. The first-order valence-electron chi connectivity index (χ1n) is 5.13. The molecule has 74 valence electrons. The second-order valence-electron chi connectivity index (χ2n) is 3.48. The van der Waals surface area contributed by atoms with E-state index >= 15 is 0 Å². The maximum absolute atomic E-state index is 5.56. The van der Waals surface area contributed by atoms with Crippen LogP contribution in [0.4, 0.5) is 0 Å². The van der Waals surface area contributed by atoms with Gasteiger partial charge in [-0.2, -0.15) is 0 Å². The summed E-state index contributed by atoms with van der Waals surface area (Å²) in [5, 5.41) is 0. The van der Waals surface area contributed by atoms with E-state index in [0.29, 0.717) is 6.73 Å². The second-order valence-corrected chi connectivity index (χ2v) is 3.48. The van der Waals surface area contributed by atoms with Gasteiger partial charge in [0, 0.05) is 0 Å². The van der Waals surface area contributed by atoms with E-state index in [1.165, 1.54) is 5.56 Å². The van der Waals surface area contributed by atoms with Crippen LogP contribution in [0.5, 0.6) is 0 Å². The lowest BCUT2D eigenvalue weighted by Crippen LogP contribution is -2.19. The van der Waals surface area contributed by atoms with E-state index in [0.717, 1.165) is 18.6 Å². The minimum absolute atomic E-state index is 0.211. The summed E-state index contributed by atoms with van der Waals surface area (Å²) >= 11 is 0. The van der Waals surface area contributed by atoms with E-state index < -0.39 is 0 Å². The molecule has 14 heavy (non-hydrogen) atoms. The summed E-state index contributed by atoms with van der Waals surface area (Å²) < 4.78 is 5.56. The zero-order valence-electron chi connectivity index (χ0n) is 8.44. The van der Waals surface area contributed by atoms with E-state index in [9.17, 15) is 0 Å². The van der Waals surface area contributed by atoms with Gasteiger partial charge < -0.3 is 4.74 Å². The summed E-state index contributed by atoms with van der Waals surface area (Å²) in [5.41, 5.74) is 2.32. The van der Waals surface area contributed by atoms with E-state index in [-0.39, 0.29) is 6.10 Å². The first-order valence-corrected chi connectivity index (χ1v) is 5.13. The van der Waals surface area contributed by atoms with Crippen molar-refractivity contribution in [3.05, 3.63) is 35.9 Å². The Balaban J connectivity index is 2.18. The number of ether oxygens (including phenoxy) is 1. The third-order valence-corrected chi connectivity index (χ3v) is 2.44. The molecule has 0 aromatic heterocycles. The highest BCUT2D eigenvalue weighted by Crippen LogP contribution is 2.17. The highest BCUT2D eigenvalue weighted by atomic mass is 16.5. The number of hydrogen-bond acceptors (Lipinski definition) is 2. The Labute approximate surface area is 84.6 Å². The smallest absolute Gasteiger partial charge is 0.138 e. The van der Waals surface area contributed by atoms with Crippen LogP contribution < -0.4 is 0 Å². The lowest BCUT2D eigenvalue weighted by molar-refractivity contribution is 0.120. The number of benzene rings is 1. The number of hydrogen-bond donors (Lipinski definition) is 0. The van der Waals surface area contributed by atoms with Crippen molar-refractivity contribution >= 4 is 5.71 Å². The van der Waals surface area contributed by atoms with Crippen LogP contribution in [0.25, 0.3) is 0 Å². The summed E-state index contributed by atoms with van der Waals surface area (Å²) in [5.74, 6) is 0. The molecule has 0 fully saturated rings. The van der Waals surface area contributed by atoms with Gasteiger partial charge in [-0.05, 0) is 12.0 Å². The van der Waals surface area contributed by atoms with Crippen LogP contribution in [0.1, 0.15) is 25.3 Å². The second kappa shape index (κ2) is 4.38. The normalized spacial score (nSPS) is 20.9. The van der Waals surface area contributed by atoms with Crippen molar-refractivity contribution in [2.24, 2.45) is 4.99 Å². The van der Waals surface area contributed by atoms with Crippen molar-refractivity contribution in [2.75, 3.05) is 6.73 Å². The van der Waals surface area contributed by atoms with Gasteiger partial charge in [-0.3, -0.25) is 4.99 Å². The molecule has 0 amide bonds. The van der Waals surface area contributed by atoms with Gasteiger partial charge in [-0.25, -0.2) is 0 Å². The Morgan fingerprint density at radius 1 is 1.36 bits per heavy atom. The summed E-state index contributed by atoms with van der Waals surface area (Å²) in [6, 6.07) is 10.3. The molecule has 1 atom stereocenters. The molecule has 1 aromatic rings. The van der Waals surface area contributed by atoms with Crippen LogP contribution in [0.2, 0.25) is 0 Å². The van der Waals surface area contributed by atoms with Crippen molar-refractivity contribution in [2.45, 2.75) is 25.9 Å². The molecule has 0 radical (unpaired) electrons. The fourth-order valence-corrected chi connectivity index (χ4v) is 1.75. The largest absolute Gasteiger partial charge is 0.350 e. The Morgan fingerprint density at radius 2 is 2.14 bits per heavy atom. The fraction of sp³-hybridized carbons (Fsp3) is 0.417. The van der Waals surface area contributed by atoms with E-state index in [4.69, 9.17) is 4.74 Å². The average molecular weight is 189 g/mol. The Morgan fingerprint density at radius 3 is 2.86 bits per heavy atom. The quantitative estimate of drug-likeness (QED) is 0.716. The van der Waals surface area contributed by atoms with Crippen LogP contribution in [0.3, 0.4) is 0 Å². The van der Waals surface area contributed by atoms with Crippen LogP contribution in [0, 0.1) is 0 Å². The van der Waals surface area contributed by atoms with E-state index in [1.807, 2.05) is 18.2 Å². The Kier molecular flexibility index (Phi) is 2.94. The number of rotatable bonds is 3. The van der Waals surface area contributed by atoms with Crippen LogP contribution in [-0.4, -0.2) is 18.5 Å². The predicted molar refractivity (Wildman–Crippen MR) is 57.6 cm³/mol. The molecule has 0 N–H and O–H groups in total. The summed E-state index contributed by atoms with van der Waals surface area (Å²) in [6.45, 7) is 2.69. The first-order chi connectivity index (χ1) is 6.92. The third-order valence-electron chi connectivity index (χ3n) is 2.44. The average Bonchev–Trinajstić information content (AvgIpc) is 2.68. The Bertz CT molecular complexity index is 318. The van der Waals surface area contributed by atoms with Gasteiger partial charge >= 0.3 is 0 Å². The molecule has 1 aliphatic heterocycles. The minimum atomic E-state index is 0.211. The maximum Gasteiger partial charge on any atom is 0.138 e. The van der Waals surface area contributed by atoms with Crippen LogP contribution in [-0.2, 0) is 4.74 Å². The van der Waals surface area contributed by atoms with Crippen molar-refractivity contribution in [1.82, 2.24) is 0 Å². The summed E-state index contributed by atoms with van der Waals surface area (Å²) in [6.07, 6.45) is 2.41. The minimum Gasteiger partial charge on any atom is -0.350 e. The third kappa shape index (κ3) is 1.85.